The van der Waals surface area contributed by atoms with Crippen LogP contribution in [0.5, 0.6) is 5.75 Å². The lowest BCUT2D eigenvalue weighted by atomic mass is 9.76. The number of aromatic hydroxyl groups is 1. The molecule has 8 heteroatoms. The summed E-state index contributed by atoms with van der Waals surface area (Å²) in [5.41, 5.74) is -0.535. The van der Waals surface area contributed by atoms with Crippen molar-refractivity contribution in [2.75, 3.05) is 0 Å². The van der Waals surface area contributed by atoms with Gasteiger partial charge in [-0.05, 0) is 80.0 Å². The molecule has 0 heterocycles. The molecule has 3 aromatic carbocycles. The first kappa shape index (κ1) is 28.0. The first-order valence-electron chi connectivity index (χ1n) is 12.9. The Hall–Kier alpha value is -3.00. The predicted molar refractivity (Wildman–Crippen MR) is 133 cm³/mol. The van der Waals surface area contributed by atoms with Crippen molar-refractivity contribution >= 4 is 0 Å². The van der Waals surface area contributed by atoms with Gasteiger partial charge in [-0.1, -0.05) is 37.6 Å². The van der Waals surface area contributed by atoms with Gasteiger partial charge < -0.3 is 10.2 Å². The van der Waals surface area contributed by atoms with Gasteiger partial charge in [0.1, 0.15) is 0 Å². The Balaban J connectivity index is 1.39. The zero-order valence-corrected chi connectivity index (χ0v) is 21.0. The second-order valence-electron chi connectivity index (χ2n) is 10.1. The predicted octanol–water partition coefficient (Wildman–Crippen LogP) is 8.63. The standard InChI is InChI=1S/C30H30F6O2/c1-2-3-23(37)22-11-10-18(25(31)29(22)35)9-6-16-4-7-17(8-5-16)19-12-13-20(27(33)26(19)32)21-14-15-24(38)30(36)28(21)34/h10-17,23,37-38H,2-9H2,1H3. The summed E-state index contributed by atoms with van der Waals surface area (Å²) >= 11 is 0. The van der Waals surface area contributed by atoms with E-state index in [4.69, 9.17) is 0 Å². The number of aliphatic hydroxyl groups is 1. The van der Waals surface area contributed by atoms with E-state index in [2.05, 4.69) is 0 Å². The molecule has 38 heavy (non-hydrogen) atoms. The summed E-state index contributed by atoms with van der Waals surface area (Å²) in [4.78, 5) is 0. The zero-order chi connectivity index (χ0) is 27.6. The normalized spacial score (nSPS) is 18.5. The Labute approximate surface area is 218 Å². The molecule has 1 atom stereocenters. The highest BCUT2D eigenvalue weighted by Crippen LogP contribution is 2.41. The first-order chi connectivity index (χ1) is 18.1. The van der Waals surface area contributed by atoms with E-state index in [1.54, 1.807) is 0 Å². The van der Waals surface area contributed by atoms with E-state index in [1.165, 1.54) is 24.3 Å². The summed E-state index contributed by atoms with van der Waals surface area (Å²) in [6, 6.07) is 7.42. The molecule has 1 fully saturated rings. The highest BCUT2D eigenvalue weighted by Gasteiger charge is 2.28. The minimum atomic E-state index is -1.53. The topological polar surface area (TPSA) is 40.5 Å². The van der Waals surface area contributed by atoms with Crippen LogP contribution in [-0.4, -0.2) is 10.2 Å². The average Bonchev–Trinajstić information content (AvgIpc) is 2.91. The van der Waals surface area contributed by atoms with Gasteiger partial charge in [0.2, 0.25) is 5.82 Å². The van der Waals surface area contributed by atoms with Gasteiger partial charge in [0.05, 0.1) is 6.10 Å². The third-order valence-corrected chi connectivity index (χ3v) is 7.69. The van der Waals surface area contributed by atoms with Gasteiger partial charge in [-0.25, -0.2) is 22.0 Å². The zero-order valence-electron chi connectivity index (χ0n) is 21.0. The number of rotatable bonds is 8. The second-order valence-corrected chi connectivity index (χ2v) is 10.1. The van der Waals surface area contributed by atoms with Crippen LogP contribution in [0.1, 0.15) is 80.6 Å². The van der Waals surface area contributed by atoms with Crippen LogP contribution in [0.4, 0.5) is 26.3 Å². The van der Waals surface area contributed by atoms with E-state index in [0.29, 0.717) is 51.4 Å². The monoisotopic (exact) mass is 536 g/mol. The van der Waals surface area contributed by atoms with Gasteiger partial charge in [-0.15, -0.1) is 0 Å². The molecular weight excluding hydrogens is 506 g/mol. The van der Waals surface area contributed by atoms with Gasteiger partial charge in [0, 0.05) is 16.7 Å². The number of halogens is 6. The molecule has 4 rings (SSSR count). The number of phenolic OH excluding ortho intramolecular Hbond substituents is 1. The molecule has 0 amide bonds. The summed E-state index contributed by atoms with van der Waals surface area (Å²) in [6.45, 7) is 1.85. The van der Waals surface area contributed by atoms with E-state index in [1.807, 2.05) is 6.92 Å². The molecule has 1 aliphatic carbocycles. The lowest BCUT2D eigenvalue weighted by molar-refractivity contribution is 0.160. The van der Waals surface area contributed by atoms with Crippen molar-refractivity contribution < 1.29 is 36.6 Å². The Bertz CT molecular complexity index is 1300. The fraction of sp³-hybridized carbons (Fsp3) is 0.400. The van der Waals surface area contributed by atoms with Gasteiger partial charge in [-0.3, -0.25) is 0 Å². The van der Waals surface area contributed by atoms with Crippen LogP contribution in [0.25, 0.3) is 11.1 Å². The molecule has 0 bridgehead atoms. The Morgan fingerprint density at radius 1 is 0.737 bits per heavy atom. The van der Waals surface area contributed by atoms with E-state index in [9.17, 15) is 36.6 Å². The van der Waals surface area contributed by atoms with Gasteiger partial charge in [0.25, 0.3) is 0 Å². The second kappa shape index (κ2) is 11.8. The molecule has 2 nitrogen and oxygen atoms in total. The molecule has 3 aromatic rings. The van der Waals surface area contributed by atoms with Gasteiger partial charge in [0.15, 0.2) is 34.8 Å². The SMILES string of the molecule is CCCC(O)c1ccc(CCC2CCC(c3ccc(-c4ccc(O)c(F)c4F)c(F)c3F)CC2)c(F)c1F. The number of aryl methyl sites for hydroxylation is 1. The van der Waals surface area contributed by atoms with E-state index >= 15 is 0 Å². The van der Waals surface area contributed by atoms with Crippen molar-refractivity contribution in [3.8, 4) is 16.9 Å². The fourth-order valence-corrected chi connectivity index (χ4v) is 5.44. The van der Waals surface area contributed by atoms with Crippen LogP contribution >= 0.6 is 0 Å². The van der Waals surface area contributed by atoms with Crippen LogP contribution in [-0.2, 0) is 6.42 Å². The number of hydrogen-bond acceptors (Lipinski definition) is 2. The average molecular weight is 537 g/mol. The molecule has 0 saturated heterocycles. The van der Waals surface area contributed by atoms with Gasteiger partial charge >= 0.3 is 0 Å². The fourth-order valence-electron chi connectivity index (χ4n) is 5.44. The Kier molecular flexibility index (Phi) is 8.71. The summed E-state index contributed by atoms with van der Waals surface area (Å²) in [7, 11) is 0. The summed E-state index contributed by atoms with van der Waals surface area (Å²) in [5, 5.41) is 19.3. The third-order valence-electron chi connectivity index (χ3n) is 7.69. The van der Waals surface area contributed by atoms with Crippen LogP contribution < -0.4 is 0 Å². The molecule has 1 saturated carbocycles. The first-order valence-corrected chi connectivity index (χ1v) is 12.9. The highest BCUT2D eigenvalue weighted by atomic mass is 19.2. The maximum atomic E-state index is 15.0. The molecule has 0 aliphatic heterocycles. The molecule has 0 spiro atoms. The van der Waals surface area contributed by atoms with Crippen molar-refractivity contribution in [2.45, 2.75) is 70.3 Å². The summed E-state index contributed by atoms with van der Waals surface area (Å²) < 4.78 is 86.8. The highest BCUT2D eigenvalue weighted by molar-refractivity contribution is 5.66. The van der Waals surface area contributed by atoms with Crippen molar-refractivity contribution in [3.05, 3.63) is 88.0 Å². The molecule has 2 N–H and O–H groups in total. The molecule has 1 aliphatic rings. The minimum absolute atomic E-state index is 0.0350. The lowest BCUT2D eigenvalue weighted by Gasteiger charge is -2.29. The van der Waals surface area contributed by atoms with Crippen LogP contribution in [0, 0.1) is 40.8 Å². The molecule has 204 valence electrons. The van der Waals surface area contributed by atoms with E-state index < -0.39 is 57.9 Å². The van der Waals surface area contributed by atoms with Crippen molar-refractivity contribution in [1.82, 2.24) is 0 Å². The molecular formula is C30H30F6O2. The van der Waals surface area contributed by atoms with Crippen molar-refractivity contribution in [3.63, 3.8) is 0 Å². The number of aliphatic hydroxyl groups excluding tert-OH is 1. The van der Waals surface area contributed by atoms with Crippen molar-refractivity contribution in [1.29, 1.82) is 0 Å². The molecule has 0 radical (unpaired) electrons. The number of benzene rings is 3. The van der Waals surface area contributed by atoms with Crippen LogP contribution in [0.2, 0.25) is 0 Å². The quantitative estimate of drug-likeness (QED) is 0.283. The van der Waals surface area contributed by atoms with Crippen molar-refractivity contribution in [2.24, 2.45) is 5.92 Å². The Morgan fingerprint density at radius 3 is 2.03 bits per heavy atom. The Morgan fingerprint density at radius 2 is 1.37 bits per heavy atom. The number of phenols is 1. The van der Waals surface area contributed by atoms with Gasteiger partial charge in [-0.2, -0.15) is 4.39 Å². The maximum Gasteiger partial charge on any atom is 0.200 e. The van der Waals surface area contributed by atoms with E-state index in [0.717, 1.165) is 12.1 Å². The summed E-state index contributed by atoms with van der Waals surface area (Å²) in [5.74, 6) is -8.30. The summed E-state index contributed by atoms with van der Waals surface area (Å²) in [6.07, 6.45) is 3.42. The minimum Gasteiger partial charge on any atom is -0.505 e. The third kappa shape index (κ3) is 5.55. The largest absolute Gasteiger partial charge is 0.505 e. The molecule has 1 unspecified atom stereocenters. The van der Waals surface area contributed by atoms with E-state index in [-0.39, 0.29) is 28.5 Å². The lowest BCUT2D eigenvalue weighted by Crippen LogP contribution is -2.16. The van der Waals surface area contributed by atoms with Crippen LogP contribution in [0.3, 0.4) is 0 Å². The number of hydrogen-bond donors (Lipinski definition) is 2. The smallest absolute Gasteiger partial charge is 0.200 e. The van der Waals surface area contributed by atoms with Crippen LogP contribution in [0.15, 0.2) is 36.4 Å². The molecule has 0 aromatic heterocycles. The maximum absolute atomic E-state index is 15.0.